The van der Waals surface area contributed by atoms with E-state index in [1.807, 2.05) is 44.2 Å². The molecule has 30 heavy (non-hydrogen) atoms. The molecule has 2 aromatic carbocycles. The van der Waals surface area contributed by atoms with Gasteiger partial charge in [0, 0.05) is 23.6 Å². The van der Waals surface area contributed by atoms with Gasteiger partial charge in [-0.15, -0.1) is 0 Å². The van der Waals surface area contributed by atoms with E-state index in [0.717, 1.165) is 29.0 Å². The highest BCUT2D eigenvalue weighted by Crippen LogP contribution is 2.35. The van der Waals surface area contributed by atoms with Gasteiger partial charge in [-0.25, -0.2) is 4.79 Å². The molecule has 0 fully saturated rings. The maximum atomic E-state index is 12.6. The van der Waals surface area contributed by atoms with Crippen LogP contribution >= 0.6 is 0 Å². The topological polar surface area (TPSA) is 81.1 Å². The number of hydrogen-bond acceptors (Lipinski definition) is 4. The van der Waals surface area contributed by atoms with Crippen molar-refractivity contribution in [2.45, 2.75) is 32.4 Å². The molecule has 7 nitrogen and oxygen atoms in total. The summed E-state index contributed by atoms with van der Waals surface area (Å²) in [5.74, 6) is 1.07. The number of methoxy groups -OCH3 is 2. The number of carbonyl (C=O) groups excluding carboxylic acids is 2. The maximum absolute atomic E-state index is 12.6. The number of quaternary nitrogens is 1. The highest BCUT2D eigenvalue weighted by molar-refractivity contribution is 5.94. The van der Waals surface area contributed by atoms with Crippen molar-refractivity contribution in [2.24, 2.45) is 0 Å². The Kier molecular flexibility index (Phi) is 6.95. The standard InChI is InChI=1S/C23H29N3O4/c1-15(2)24-23(28)25-21(27)14-26-11-10-17-12-19(29-3)20(30-4)13-18(17)22(26)16-8-6-5-7-9-16/h5-9,12-13,15,22H,10-11,14H2,1-4H3,(H2,24,25,27,28)/p+1/t22-/m1/s1. The zero-order valence-electron chi connectivity index (χ0n) is 18.0. The second kappa shape index (κ2) is 9.63. The monoisotopic (exact) mass is 412 g/mol. The first kappa shape index (κ1) is 21.6. The van der Waals surface area contributed by atoms with Crippen molar-refractivity contribution in [3.63, 3.8) is 0 Å². The first-order valence-electron chi connectivity index (χ1n) is 10.2. The molecule has 1 heterocycles. The van der Waals surface area contributed by atoms with Gasteiger partial charge in [-0.2, -0.15) is 0 Å². The van der Waals surface area contributed by atoms with Crippen LogP contribution in [-0.4, -0.2) is 45.3 Å². The van der Waals surface area contributed by atoms with Crippen molar-refractivity contribution in [2.75, 3.05) is 27.3 Å². The molecule has 0 bridgehead atoms. The largest absolute Gasteiger partial charge is 0.493 e. The first-order chi connectivity index (χ1) is 14.4. The van der Waals surface area contributed by atoms with Gasteiger partial charge in [0.25, 0.3) is 5.91 Å². The summed E-state index contributed by atoms with van der Waals surface area (Å²) in [5, 5.41) is 5.13. The number of amides is 3. The fraction of sp³-hybridized carbons (Fsp3) is 0.391. The molecule has 1 aliphatic heterocycles. The Morgan fingerprint density at radius 3 is 2.40 bits per heavy atom. The summed E-state index contributed by atoms with van der Waals surface area (Å²) in [6.45, 7) is 4.66. The molecule has 3 N–H and O–H groups in total. The molecule has 2 atom stereocenters. The number of fused-ring (bicyclic) bond motifs is 1. The SMILES string of the molecule is COc1cc2c(cc1OC)[C@@H](c1ccccc1)[NH+](CC(=O)NC(=O)NC(C)C)CC2. The molecule has 1 unspecified atom stereocenters. The quantitative estimate of drug-likeness (QED) is 0.671. The van der Waals surface area contributed by atoms with E-state index in [4.69, 9.17) is 9.47 Å². The van der Waals surface area contributed by atoms with Crippen molar-refractivity contribution >= 4 is 11.9 Å². The van der Waals surface area contributed by atoms with Gasteiger partial charge < -0.3 is 19.7 Å². The molecular weight excluding hydrogens is 382 g/mol. The molecule has 7 heteroatoms. The van der Waals surface area contributed by atoms with Crippen LogP contribution in [0.3, 0.4) is 0 Å². The maximum Gasteiger partial charge on any atom is 0.321 e. The predicted molar refractivity (Wildman–Crippen MR) is 114 cm³/mol. The van der Waals surface area contributed by atoms with E-state index < -0.39 is 6.03 Å². The Labute approximate surface area is 177 Å². The fourth-order valence-corrected chi connectivity index (χ4v) is 4.01. The lowest BCUT2D eigenvalue weighted by molar-refractivity contribution is -0.920. The molecule has 0 spiro atoms. The molecule has 0 aromatic heterocycles. The number of hydrogen-bond donors (Lipinski definition) is 3. The number of carbonyl (C=O) groups is 2. The van der Waals surface area contributed by atoms with Gasteiger partial charge in [-0.05, 0) is 31.5 Å². The fourth-order valence-electron chi connectivity index (χ4n) is 4.01. The highest BCUT2D eigenvalue weighted by Gasteiger charge is 2.35. The van der Waals surface area contributed by atoms with Crippen LogP contribution in [0.1, 0.15) is 36.6 Å². The molecule has 2 aromatic rings. The zero-order valence-corrected chi connectivity index (χ0v) is 18.0. The Morgan fingerprint density at radius 1 is 1.10 bits per heavy atom. The highest BCUT2D eigenvalue weighted by atomic mass is 16.5. The third-order valence-electron chi connectivity index (χ3n) is 5.27. The van der Waals surface area contributed by atoms with E-state index in [1.165, 1.54) is 5.56 Å². The lowest BCUT2D eigenvalue weighted by atomic mass is 9.87. The van der Waals surface area contributed by atoms with Crippen LogP contribution in [0.4, 0.5) is 4.79 Å². The van der Waals surface area contributed by atoms with Gasteiger partial charge in [-0.3, -0.25) is 10.1 Å². The Bertz CT molecular complexity index is 899. The van der Waals surface area contributed by atoms with E-state index >= 15 is 0 Å². The van der Waals surface area contributed by atoms with Crippen LogP contribution in [0.15, 0.2) is 42.5 Å². The average molecular weight is 413 g/mol. The normalized spacial score (nSPS) is 17.8. The summed E-state index contributed by atoms with van der Waals surface area (Å²) in [6, 6.07) is 13.6. The van der Waals surface area contributed by atoms with E-state index in [9.17, 15) is 9.59 Å². The third-order valence-corrected chi connectivity index (χ3v) is 5.27. The van der Waals surface area contributed by atoms with Crippen molar-refractivity contribution in [3.05, 3.63) is 59.2 Å². The van der Waals surface area contributed by atoms with Crippen molar-refractivity contribution in [3.8, 4) is 11.5 Å². The first-order valence-corrected chi connectivity index (χ1v) is 10.2. The smallest absolute Gasteiger partial charge is 0.321 e. The Balaban J connectivity index is 1.91. The lowest BCUT2D eigenvalue weighted by Gasteiger charge is -2.34. The predicted octanol–water partition coefficient (Wildman–Crippen LogP) is 1.47. The average Bonchev–Trinajstić information content (AvgIpc) is 2.72. The zero-order chi connectivity index (χ0) is 21.7. The van der Waals surface area contributed by atoms with Crippen LogP contribution in [0.2, 0.25) is 0 Å². The van der Waals surface area contributed by atoms with Gasteiger partial charge in [-0.1, -0.05) is 30.3 Å². The second-order valence-electron chi connectivity index (χ2n) is 7.76. The van der Waals surface area contributed by atoms with Gasteiger partial charge in [0.1, 0.15) is 6.04 Å². The number of ether oxygens (including phenoxy) is 2. The molecule has 0 saturated carbocycles. The summed E-state index contributed by atoms with van der Waals surface area (Å²) >= 11 is 0. The Hall–Kier alpha value is -3.06. The minimum absolute atomic E-state index is 0.0356. The summed E-state index contributed by atoms with van der Waals surface area (Å²) in [6.07, 6.45) is 0.805. The molecule has 3 amide bonds. The number of urea groups is 1. The van der Waals surface area contributed by atoms with Crippen LogP contribution in [0, 0.1) is 0 Å². The van der Waals surface area contributed by atoms with Gasteiger partial charge >= 0.3 is 6.03 Å². The molecule has 0 radical (unpaired) electrons. The third kappa shape index (κ3) is 4.91. The summed E-state index contributed by atoms with van der Waals surface area (Å²) < 4.78 is 11.0. The molecule has 0 saturated heterocycles. The van der Waals surface area contributed by atoms with Crippen LogP contribution in [0.25, 0.3) is 0 Å². The minimum atomic E-state index is -0.463. The molecule has 0 aliphatic carbocycles. The number of benzene rings is 2. The van der Waals surface area contributed by atoms with Crippen molar-refractivity contribution in [1.29, 1.82) is 0 Å². The van der Waals surface area contributed by atoms with Crippen molar-refractivity contribution in [1.82, 2.24) is 10.6 Å². The second-order valence-corrected chi connectivity index (χ2v) is 7.76. The molecule has 1 aliphatic rings. The van der Waals surface area contributed by atoms with E-state index in [2.05, 4.69) is 22.8 Å². The summed E-state index contributed by atoms with van der Waals surface area (Å²) in [7, 11) is 3.25. The number of imide groups is 1. The van der Waals surface area contributed by atoms with Crippen LogP contribution in [-0.2, 0) is 11.2 Å². The molecular formula is C23H30N3O4+. The van der Waals surface area contributed by atoms with E-state index in [-0.39, 0.29) is 24.5 Å². The molecule has 3 rings (SSSR count). The molecule has 160 valence electrons. The Morgan fingerprint density at radius 2 is 1.77 bits per heavy atom. The lowest BCUT2D eigenvalue weighted by Crippen LogP contribution is -3.14. The summed E-state index contributed by atoms with van der Waals surface area (Å²) in [5.41, 5.74) is 3.41. The van der Waals surface area contributed by atoms with Crippen LogP contribution < -0.4 is 25.0 Å². The number of rotatable bonds is 6. The van der Waals surface area contributed by atoms with Gasteiger partial charge in [0.2, 0.25) is 0 Å². The van der Waals surface area contributed by atoms with Crippen molar-refractivity contribution < 1.29 is 24.0 Å². The summed E-state index contributed by atoms with van der Waals surface area (Å²) in [4.78, 5) is 25.6. The van der Waals surface area contributed by atoms with E-state index in [0.29, 0.717) is 11.5 Å². The number of nitrogens with one attached hydrogen (secondary N) is 3. The van der Waals surface area contributed by atoms with Gasteiger partial charge in [0.05, 0.1) is 20.8 Å². The van der Waals surface area contributed by atoms with Gasteiger partial charge in [0.15, 0.2) is 18.0 Å². The van der Waals surface area contributed by atoms with E-state index in [1.54, 1.807) is 14.2 Å². The van der Waals surface area contributed by atoms with Crippen LogP contribution in [0.5, 0.6) is 11.5 Å². The minimum Gasteiger partial charge on any atom is -0.493 e.